The first kappa shape index (κ1) is 9.02. The van der Waals surface area contributed by atoms with Crippen molar-refractivity contribution >= 4 is 23.2 Å². The van der Waals surface area contributed by atoms with Crippen LogP contribution in [0.4, 0.5) is 0 Å². The zero-order valence-electron chi connectivity index (χ0n) is 7.36. The summed E-state index contributed by atoms with van der Waals surface area (Å²) in [6.45, 7) is 1.74. The Hall–Kier alpha value is -1.55. The maximum absolute atomic E-state index is 10.8. The minimum Gasteiger partial charge on any atom is -0.478 e. The first-order chi connectivity index (χ1) is 6.61. The standard InChI is InChI=1S/C9H7ClN2O2/c1-5-7(10)12-4-2-3-6(9(13)14)8(12)11-5/h2-4H,1H3,(H,13,14). The summed E-state index contributed by atoms with van der Waals surface area (Å²) in [5.74, 6) is -1.00. The molecule has 0 aliphatic carbocycles. The van der Waals surface area contributed by atoms with Gasteiger partial charge < -0.3 is 5.11 Å². The summed E-state index contributed by atoms with van der Waals surface area (Å²) < 4.78 is 1.56. The zero-order valence-corrected chi connectivity index (χ0v) is 8.12. The third-order valence-corrected chi connectivity index (χ3v) is 2.44. The van der Waals surface area contributed by atoms with Gasteiger partial charge in [-0.1, -0.05) is 11.6 Å². The quantitative estimate of drug-likeness (QED) is 0.783. The van der Waals surface area contributed by atoms with Crippen molar-refractivity contribution < 1.29 is 9.90 Å². The van der Waals surface area contributed by atoms with Crippen molar-refractivity contribution in [2.45, 2.75) is 6.92 Å². The molecule has 0 saturated carbocycles. The number of imidazole rings is 1. The topological polar surface area (TPSA) is 54.6 Å². The van der Waals surface area contributed by atoms with Crippen LogP contribution in [-0.4, -0.2) is 20.5 Å². The van der Waals surface area contributed by atoms with Crippen LogP contribution < -0.4 is 0 Å². The summed E-state index contributed by atoms with van der Waals surface area (Å²) in [5, 5.41) is 9.33. The fourth-order valence-corrected chi connectivity index (χ4v) is 1.50. The van der Waals surface area contributed by atoms with E-state index in [9.17, 15) is 4.79 Å². The third-order valence-electron chi connectivity index (χ3n) is 1.98. The Kier molecular flexibility index (Phi) is 1.93. The van der Waals surface area contributed by atoms with Crippen LogP contribution in [-0.2, 0) is 0 Å². The second-order valence-corrected chi connectivity index (χ2v) is 3.27. The molecule has 4 nitrogen and oxygen atoms in total. The van der Waals surface area contributed by atoms with Crippen LogP contribution in [0.15, 0.2) is 18.3 Å². The molecule has 0 bridgehead atoms. The second-order valence-electron chi connectivity index (χ2n) is 2.91. The maximum Gasteiger partial charge on any atom is 0.339 e. The number of aryl methyl sites for hydroxylation is 1. The molecule has 2 aromatic heterocycles. The van der Waals surface area contributed by atoms with Crippen molar-refractivity contribution in [3.63, 3.8) is 0 Å². The van der Waals surface area contributed by atoms with Gasteiger partial charge in [-0.2, -0.15) is 0 Å². The van der Waals surface area contributed by atoms with Crippen molar-refractivity contribution in [1.29, 1.82) is 0 Å². The number of halogens is 1. The lowest BCUT2D eigenvalue weighted by atomic mass is 10.3. The Balaban J connectivity index is 2.88. The molecule has 0 aromatic carbocycles. The van der Waals surface area contributed by atoms with Gasteiger partial charge in [-0.3, -0.25) is 4.40 Å². The summed E-state index contributed by atoms with van der Waals surface area (Å²) >= 11 is 5.93. The number of hydrogen-bond donors (Lipinski definition) is 1. The van der Waals surface area contributed by atoms with E-state index in [4.69, 9.17) is 16.7 Å². The third kappa shape index (κ3) is 1.15. The van der Waals surface area contributed by atoms with Crippen molar-refractivity contribution in [2.24, 2.45) is 0 Å². The molecule has 0 atom stereocenters. The van der Waals surface area contributed by atoms with Crippen LogP contribution in [0.25, 0.3) is 5.65 Å². The van der Waals surface area contributed by atoms with Crippen LogP contribution in [0, 0.1) is 6.92 Å². The van der Waals surface area contributed by atoms with E-state index in [1.54, 1.807) is 23.6 Å². The highest BCUT2D eigenvalue weighted by molar-refractivity contribution is 6.30. The minimum atomic E-state index is -1.00. The van der Waals surface area contributed by atoms with E-state index in [1.165, 1.54) is 6.07 Å². The molecule has 2 heterocycles. The maximum atomic E-state index is 10.8. The van der Waals surface area contributed by atoms with Crippen LogP contribution in [0.5, 0.6) is 0 Å². The average molecular weight is 211 g/mol. The van der Waals surface area contributed by atoms with Gasteiger partial charge in [0.25, 0.3) is 0 Å². The molecule has 0 radical (unpaired) electrons. The van der Waals surface area contributed by atoms with E-state index >= 15 is 0 Å². The predicted molar refractivity (Wildman–Crippen MR) is 51.9 cm³/mol. The Bertz CT molecular complexity index is 519. The van der Waals surface area contributed by atoms with Crippen molar-refractivity contribution in [1.82, 2.24) is 9.38 Å². The Morgan fingerprint density at radius 3 is 3.00 bits per heavy atom. The number of hydrogen-bond acceptors (Lipinski definition) is 2. The van der Waals surface area contributed by atoms with Gasteiger partial charge in [-0.15, -0.1) is 0 Å². The number of aromatic nitrogens is 2. The molecule has 2 rings (SSSR count). The van der Waals surface area contributed by atoms with Crippen LogP contribution in [0.2, 0.25) is 5.15 Å². The normalized spacial score (nSPS) is 10.7. The van der Waals surface area contributed by atoms with Gasteiger partial charge >= 0.3 is 5.97 Å². The van der Waals surface area contributed by atoms with E-state index in [0.717, 1.165) is 0 Å². The monoisotopic (exact) mass is 210 g/mol. The van der Waals surface area contributed by atoms with Gasteiger partial charge in [-0.25, -0.2) is 9.78 Å². The molecule has 0 unspecified atom stereocenters. The van der Waals surface area contributed by atoms with Crippen LogP contribution in [0.1, 0.15) is 16.1 Å². The van der Waals surface area contributed by atoms with Crippen LogP contribution >= 0.6 is 11.6 Å². The smallest absolute Gasteiger partial charge is 0.339 e. The van der Waals surface area contributed by atoms with E-state index in [1.807, 2.05) is 0 Å². The molecular weight excluding hydrogens is 204 g/mol. The Morgan fingerprint density at radius 2 is 2.36 bits per heavy atom. The summed E-state index contributed by atoms with van der Waals surface area (Å²) in [6.07, 6.45) is 1.68. The molecule has 0 amide bonds. The number of fused-ring (bicyclic) bond motifs is 1. The van der Waals surface area contributed by atoms with Gasteiger partial charge in [0.1, 0.15) is 10.7 Å². The second kappa shape index (κ2) is 2.99. The lowest BCUT2D eigenvalue weighted by Crippen LogP contribution is -2.00. The summed E-state index contributed by atoms with van der Waals surface area (Å²) in [5.41, 5.74) is 1.16. The highest BCUT2D eigenvalue weighted by Crippen LogP contribution is 2.19. The zero-order chi connectivity index (χ0) is 10.3. The van der Waals surface area contributed by atoms with Gasteiger partial charge in [0, 0.05) is 6.20 Å². The van der Waals surface area contributed by atoms with Gasteiger partial charge in [0.05, 0.1) is 5.69 Å². The van der Waals surface area contributed by atoms with E-state index in [2.05, 4.69) is 4.98 Å². The lowest BCUT2D eigenvalue weighted by molar-refractivity contribution is 0.0698. The summed E-state index contributed by atoms with van der Waals surface area (Å²) in [6, 6.07) is 3.13. The molecule has 2 aromatic rings. The van der Waals surface area contributed by atoms with Gasteiger partial charge in [-0.05, 0) is 19.1 Å². The molecule has 0 fully saturated rings. The molecule has 72 valence electrons. The van der Waals surface area contributed by atoms with Gasteiger partial charge in [0.15, 0.2) is 5.65 Å². The number of carboxylic acid groups (broad SMARTS) is 1. The van der Waals surface area contributed by atoms with Crippen molar-refractivity contribution in [3.8, 4) is 0 Å². The number of aromatic carboxylic acids is 1. The largest absolute Gasteiger partial charge is 0.478 e. The fraction of sp³-hybridized carbons (Fsp3) is 0.111. The Morgan fingerprint density at radius 1 is 1.64 bits per heavy atom. The van der Waals surface area contributed by atoms with Crippen molar-refractivity contribution in [2.75, 3.05) is 0 Å². The van der Waals surface area contributed by atoms with E-state index in [0.29, 0.717) is 16.5 Å². The first-order valence-electron chi connectivity index (χ1n) is 3.97. The molecule has 14 heavy (non-hydrogen) atoms. The number of carbonyl (C=O) groups is 1. The molecule has 5 heteroatoms. The van der Waals surface area contributed by atoms with E-state index < -0.39 is 5.97 Å². The fourth-order valence-electron chi connectivity index (χ4n) is 1.32. The SMILES string of the molecule is Cc1nc2c(C(=O)O)cccn2c1Cl. The molecule has 0 aliphatic rings. The highest BCUT2D eigenvalue weighted by atomic mass is 35.5. The number of pyridine rings is 1. The highest BCUT2D eigenvalue weighted by Gasteiger charge is 2.13. The number of carboxylic acids is 1. The first-order valence-corrected chi connectivity index (χ1v) is 4.35. The van der Waals surface area contributed by atoms with Gasteiger partial charge in [0.2, 0.25) is 0 Å². The number of rotatable bonds is 1. The molecule has 0 spiro atoms. The van der Waals surface area contributed by atoms with Crippen LogP contribution in [0.3, 0.4) is 0 Å². The molecule has 0 aliphatic heterocycles. The molecular formula is C9H7ClN2O2. The molecule has 0 saturated heterocycles. The summed E-state index contributed by atoms with van der Waals surface area (Å²) in [4.78, 5) is 14.9. The number of nitrogens with zero attached hydrogens (tertiary/aromatic N) is 2. The minimum absolute atomic E-state index is 0.155. The van der Waals surface area contributed by atoms with E-state index in [-0.39, 0.29) is 5.56 Å². The summed E-state index contributed by atoms with van der Waals surface area (Å²) in [7, 11) is 0. The predicted octanol–water partition coefficient (Wildman–Crippen LogP) is 1.99. The van der Waals surface area contributed by atoms with Crippen molar-refractivity contribution in [3.05, 3.63) is 34.7 Å². The lowest BCUT2D eigenvalue weighted by Gasteiger charge is -1.97. The Labute approximate surface area is 84.8 Å². The molecule has 1 N–H and O–H groups in total. The average Bonchev–Trinajstić information content (AvgIpc) is 2.43.